The van der Waals surface area contributed by atoms with Gasteiger partial charge in [-0.1, -0.05) is 55.2 Å². The number of carbonyl (C=O) groups is 2. The van der Waals surface area contributed by atoms with Gasteiger partial charge in [-0.25, -0.2) is 0 Å². The van der Waals surface area contributed by atoms with Crippen LogP contribution in [-0.2, 0) is 16.1 Å². The topological polar surface area (TPSA) is 58.6 Å². The first-order chi connectivity index (χ1) is 14.4. The fourth-order valence-electron chi connectivity index (χ4n) is 2.91. The Kier molecular flexibility index (Phi) is 9.95. The lowest BCUT2D eigenvalue weighted by molar-refractivity contribution is -0.143. The van der Waals surface area contributed by atoms with E-state index in [0.717, 1.165) is 12.0 Å². The Morgan fingerprint density at radius 1 is 1.17 bits per heavy atom. The van der Waals surface area contributed by atoms with Crippen molar-refractivity contribution in [1.82, 2.24) is 10.2 Å². The number of rotatable bonds is 10. The van der Waals surface area contributed by atoms with Crippen LogP contribution in [0.25, 0.3) is 0 Å². The van der Waals surface area contributed by atoms with Crippen LogP contribution in [0.2, 0.25) is 10.0 Å². The van der Waals surface area contributed by atoms with Gasteiger partial charge in [-0.2, -0.15) is 0 Å². The Morgan fingerprint density at radius 2 is 1.90 bits per heavy atom. The van der Waals surface area contributed by atoms with Gasteiger partial charge in [-0.3, -0.25) is 9.59 Å². The summed E-state index contributed by atoms with van der Waals surface area (Å²) in [6.45, 7) is 4.40. The van der Waals surface area contributed by atoms with E-state index < -0.39 is 6.04 Å². The van der Waals surface area contributed by atoms with Gasteiger partial charge in [0.05, 0.1) is 4.47 Å². The zero-order valence-corrected chi connectivity index (χ0v) is 20.1. The van der Waals surface area contributed by atoms with Gasteiger partial charge < -0.3 is 15.0 Å². The van der Waals surface area contributed by atoms with Crippen LogP contribution in [-0.4, -0.2) is 35.9 Å². The van der Waals surface area contributed by atoms with Gasteiger partial charge >= 0.3 is 0 Å². The molecule has 0 saturated carbocycles. The zero-order chi connectivity index (χ0) is 22.1. The van der Waals surface area contributed by atoms with E-state index in [0.29, 0.717) is 33.2 Å². The normalized spacial score (nSPS) is 11.6. The van der Waals surface area contributed by atoms with E-state index in [-0.39, 0.29) is 25.0 Å². The monoisotopic (exact) mass is 514 g/mol. The molecule has 30 heavy (non-hydrogen) atoms. The lowest BCUT2D eigenvalue weighted by Gasteiger charge is -2.31. The van der Waals surface area contributed by atoms with Crippen LogP contribution in [0.5, 0.6) is 5.75 Å². The van der Waals surface area contributed by atoms with Crippen molar-refractivity contribution < 1.29 is 14.3 Å². The average molecular weight is 516 g/mol. The Balaban J connectivity index is 2.22. The van der Waals surface area contributed by atoms with Crippen LogP contribution >= 0.6 is 39.1 Å². The molecule has 2 aromatic carbocycles. The van der Waals surface area contributed by atoms with Gasteiger partial charge in [-0.15, -0.1) is 0 Å². The third-order valence-electron chi connectivity index (χ3n) is 4.48. The van der Waals surface area contributed by atoms with Crippen LogP contribution in [0.1, 0.15) is 32.3 Å². The summed E-state index contributed by atoms with van der Waals surface area (Å²) in [6.07, 6.45) is 1.28. The van der Waals surface area contributed by atoms with Gasteiger partial charge in [0.2, 0.25) is 5.91 Å². The molecule has 5 nitrogen and oxygen atoms in total. The molecule has 2 rings (SSSR count). The van der Waals surface area contributed by atoms with Crippen molar-refractivity contribution in [3.8, 4) is 5.75 Å². The van der Waals surface area contributed by atoms with Crippen LogP contribution < -0.4 is 10.1 Å². The number of nitrogens with one attached hydrogen (secondary N) is 1. The molecule has 0 spiro atoms. The SMILES string of the molecule is CCCNC(=O)[C@@H](CC)N(Cc1ccccc1Cl)C(=O)COc1ccc(Cl)cc1Br. The number of hydrogen-bond donors (Lipinski definition) is 1. The van der Waals surface area contributed by atoms with Crippen molar-refractivity contribution in [2.45, 2.75) is 39.3 Å². The molecular formula is C22H25BrCl2N2O3. The second-order valence-electron chi connectivity index (χ2n) is 6.69. The summed E-state index contributed by atoms with van der Waals surface area (Å²) in [7, 11) is 0. The average Bonchev–Trinajstić information content (AvgIpc) is 2.72. The summed E-state index contributed by atoms with van der Waals surface area (Å²) >= 11 is 15.6. The first-order valence-electron chi connectivity index (χ1n) is 9.75. The first-order valence-corrected chi connectivity index (χ1v) is 11.3. The molecule has 0 aromatic heterocycles. The number of benzene rings is 2. The van der Waals surface area contributed by atoms with Crippen molar-refractivity contribution in [1.29, 1.82) is 0 Å². The molecule has 0 fully saturated rings. The molecule has 162 valence electrons. The highest BCUT2D eigenvalue weighted by Crippen LogP contribution is 2.28. The zero-order valence-electron chi connectivity index (χ0n) is 17.0. The van der Waals surface area contributed by atoms with Crippen molar-refractivity contribution in [3.05, 3.63) is 62.5 Å². The molecule has 2 amide bonds. The number of carbonyl (C=O) groups excluding carboxylic acids is 2. The summed E-state index contributed by atoms with van der Waals surface area (Å²) in [5.74, 6) is -0.00313. The molecular weight excluding hydrogens is 491 g/mol. The summed E-state index contributed by atoms with van der Waals surface area (Å²) in [6, 6.07) is 11.7. The number of hydrogen-bond acceptors (Lipinski definition) is 3. The molecule has 0 saturated heterocycles. The molecule has 0 radical (unpaired) electrons. The molecule has 0 aliphatic rings. The lowest BCUT2D eigenvalue weighted by Crippen LogP contribution is -2.50. The highest BCUT2D eigenvalue weighted by atomic mass is 79.9. The van der Waals surface area contributed by atoms with Gasteiger partial charge in [0, 0.05) is 23.1 Å². The molecule has 0 aliphatic carbocycles. The number of ether oxygens (including phenoxy) is 1. The predicted octanol–water partition coefficient (Wildman–Crippen LogP) is 5.47. The Bertz CT molecular complexity index is 879. The first kappa shape index (κ1) is 24.5. The molecule has 0 bridgehead atoms. The second-order valence-corrected chi connectivity index (χ2v) is 8.39. The largest absolute Gasteiger partial charge is 0.483 e. The number of amides is 2. The fraction of sp³-hybridized carbons (Fsp3) is 0.364. The van der Waals surface area contributed by atoms with Gasteiger partial charge in [0.15, 0.2) is 6.61 Å². The van der Waals surface area contributed by atoms with Crippen molar-refractivity contribution in [2.24, 2.45) is 0 Å². The van der Waals surface area contributed by atoms with Crippen LogP contribution in [0, 0.1) is 0 Å². The highest BCUT2D eigenvalue weighted by molar-refractivity contribution is 9.10. The van der Waals surface area contributed by atoms with E-state index in [9.17, 15) is 9.59 Å². The predicted molar refractivity (Wildman–Crippen MR) is 124 cm³/mol. The molecule has 0 aliphatic heterocycles. The lowest BCUT2D eigenvalue weighted by atomic mass is 10.1. The van der Waals surface area contributed by atoms with E-state index in [4.69, 9.17) is 27.9 Å². The summed E-state index contributed by atoms with van der Waals surface area (Å²) < 4.78 is 6.34. The van der Waals surface area contributed by atoms with Crippen LogP contribution in [0.3, 0.4) is 0 Å². The van der Waals surface area contributed by atoms with Gasteiger partial charge in [-0.05, 0) is 58.6 Å². The molecule has 0 unspecified atom stereocenters. The van der Waals surface area contributed by atoms with Gasteiger partial charge in [0.25, 0.3) is 5.91 Å². The Labute approximate surface area is 195 Å². The highest BCUT2D eigenvalue weighted by Gasteiger charge is 2.29. The van der Waals surface area contributed by atoms with E-state index in [1.54, 1.807) is 24.3 Å². The molecule has 0 heterocycles. The maximum atomic E-state index is 13.1. The fourth-order valence-corrected chi connectivity index (χ4v) is 3.90. The van der Waals surface area contributed by atoms with Crippen LogP contribution in [0.15, 0.2) is 46.9 Å². The van der Waals surface area contributed by atoms with E-state index in [1.165, 1.54) is 4.90 Å². The molecule has 1 atom stereocenters. The summed E-state index contributed by atoms with van der Waals surface area (Å²) in [5.41, 5.74) is 0.766. The van der Waals surface area contributed by atoms with E-state index >= 15 is 0 Å². The maximum absolute atomic E-state index is 13.1. The second kappa shape index (κ2) is 12.2. The van der Waals surface area contributed by atoms with E-state index in [2.05, 4.69) is 21.2 Å². The molecule has 1 N–H and O–H groups in total. The Morgan fingerprint density at radius 3 is 2.53 bits per heavy atom. The Hall–Kier alpha value is -1.76. The molecule has 2 aromatic rings. The van der Waals surface area contributed by atoms with Crippen molar-refractivity contribution >= 4 is 50.9 Å². The maximum Gasteiger partial charge on any atom is 0.261 e. The minimum Gasteiger partial charge on any atom is -0.483 e. The van der Waals surface area contributed by atoms with Crippen molar-refractivity contribution in [3.63, 3.8) is 0 Å². The van der Waals surface area contributed by atoms with Crippen LogP contribution in [0.4, 0.5) is 0 Å². The van der Waals surface area contributed by atoms with Gasteiger partial charge in [0.1, 0.15) is 11.8 Å². The minimum absolute atomic E-state index is 0.188. The smallest absolute Gasteiger partial charge is 0.261 e. The summed E-state index contributed by atoms with van der Waals surface area (Å²) in [5, 5.41) is 3.98. The molecule has 8 heteroatoms. The van der Waals surface area contributed by atoms with E-state index in [1.807, 2.05) is 32.0 Å². The third-order valence-corrected chi connectivity index (χ3v) is 5.70. The quantitative estimate of drug-likeness (QED) is 0.456. The number of halogens is 3. The number of nitrogens with zero attached hydrogens (tertiary/aromatic N) is 1. The summed E-state index contributed by atoms with van der Waals surface area (Å²) in [4.78, 5) is 27.4. The standard InChI is InChI=1S/C22H25BrCl2N2O3/c1-3-11-26-22(29)19(4-2)27(13-15-7-5-6-8-18(15)25)21(28)14-30-20-10-9-16(24)12-17(20)23/h5-10,12,19H,3-4,11,13-14H2,1-2H3,(H,26,29)/t19-/m1/s1. The minimum atomic E-state index is -0.627. The van der Waals surface area contributed by atoms with Crippen molar-refractivity contribution in [2.75, 3.05) is 13.2 Å². The third kappa shape index (κ3) is 6.89.